The number of hydrogen-bond donors (Lipinski definition) is 0. The van der Waals surface area contributed by atoms with E-state index in [-0.39, 0.29) is 38.2 Å². The summed E-state index contributed by atoms with van der Waals surface area (Å²) < 4.78 is 87.9. The van der Waals surface area contributed by atoms with Crippen molar-refractivity contribution in [1.82, 2.24) is 24.7 Å². The van der Waals surface area contributed by atoms with E-state index in [0.29, 0.717) is 18.0 Å². The second-order valence-corrected chi connectivity index (χ2v) is 6.53. The van der Waals surface area contributed by atoms with Gasteiger partial charge in [0.15, 0.2) is 0 Å². The van der Waals surface area contributed by atoms with Crippen molar-refractivity contribution in [3.63, 3.8) is 0 Å². The van der Waals surface area contributed by atoms with Gasteiger partial charge in [0.1, 0.15) is 5.72 Å². The summed E-state index contributed by atoms with van der Waals surface area (Å²) in [6.45, 7) is -0.273. The molecular weight excluding hydrogens is 372 g/mol. The summed E-state index contributed by atoms with van der Waals surface area (Å²) in [6.07, 6.45) is -3.51. The first-order valence-electron chi connectivity index (χ1n) is 14.2. The molecule has 1 saturated heterocycles. The van der Waals surface area contributed by atoms with Gasteiger partial charge in [0, 0.05) is 65.0 Å². The third-order valence-electron chi connectivity index (χ3n) is 5.07. The van der Waals surface area contributed by atoms with Crippen LogP contribution < -0.4 is 10.6 Å². The quantitative estimate of drug-likeness (QED) is 0.608. The Morgan fingerprint density at radius 1 is 1.28 bits per heavy atom. The molecule has 0 saturated carbocycles. The number of anilines is 1. The Kier molecular flexibility index (Phi) is 3.73. The number of methoxy groups -OCH3 is 1. The molecule has 9 nitrogen and oxygen atoms in total. The van der Waals surface area contributed by atoms with Crippen molar-refractivity contribution < 1.29 is 23.2 Å². The van der Waals surface area contributed by atoms with Gasteiger partial charge in [0.2, 0.25) is 5.91 Å². The first kappa shape index (κ1) is 11.6. The van der Waals surface area contributed by atoms with E-state index in [1.807, 2.05) is 4.90 Å². The van der Waals surface area contributed by atoms with E-state index in [2.05, 4.69) is 10.4 Å². The highest BCUT2D eigenvalue weighted by molar-refractivity contribution is 5.94. The molecule has 0 unspecified atom stereocenters. The van der Waals surface area contributed by atoms with E-state index in [1.165, 1.54) is 16.5 Å². The van der Waals surface area contributed by atoms with Crippen LogP contribution in [0.2, 0.25) is 0 Å². The molecule has 1 amide bonds. The number of benzene rings is 1. The fourth-order valence-corrected chi connectivity index (χ4v) is 3.43. The Morgan fingerprint density at radius 3 is 2.55 bits per heavy atom. The molecule has 158 valence electrons. The Bertz CT molecular complexity index is 1260. The van der Waals surface area contributed by atoms with E-state index in [9.17, 15) is 9.59 Å². The van der Waals surface area contributed by atoms with Crippen molar-refractivity contribution in [3.8, 4) is 0 Å². The second-order valence-electron chi connectivity index (χ2n) is 6.53. The Labute approximate surface area is 184 Å². The number of nitrogens with zero attached hydrogens (tertiary/aromatic N) is 6. The zero-order valence-electron chi connectivity index (χ0n) is 26.4. The number of aryl methyl sites for hydroxylation is 1. The molecule has 1 fully saturated rings. The summed E-state index contributed by atoms with van der Waals surface area (Å²) in [4.78, 5) is 28.4. The van der Waals surface area contributed by atoms with Crippen LogP contribution in [0.4, 0.5) is 5.69 Å². The number of likely N-dealkylation sites (tertiary alicyclic amines) is 1. The maximum atomic E-state index is 13.7. The number of hydrogen-bond acceptors (Lipinski definition) is 6. The molecule has 2 aromatic rings. The lowest BCUT2D eigenvalue weighted by Crippen LogP contribution is -2.59. The van der Waals surface area contributed by atoms with Gasteiger partial charge in [-0.3, -0.25) is 9.69 Å². The van der Waals surface area contributed by atoms with Gasteiger partial charge >= 0.3 is 5.69 Å². The third-order valence-corrected chi connectivity index (χ3v) is 5.07. The molecule has 0 N–H and O–H groups in total. The predicted molar refractivity (Wildman–Crippen MR) is 110 cm³/mol. The number of amides is 1. The SMILES string of the molecule is [2H]c1c([2H])c([2H])c(N(C(=O)C([2H])([2H])C([2H])([2H])[2H])C2(OC)CCN(CCn3nnn(CC)c3=O)CC2)c([2H])c1[2H]. The molecule has 1 aliphatic rings. The van der Waals surface area contributed by atoms with Crippen molar-refractivity contribution in [2.24, 2.45) is 0 Å². The van der Waals surface area contributed by atoms with Crippen LogP contribution in [0, 0.1) is 0 Å². The Morgan fingerprint density at radius 2 is 1.97 bits per heavy atom. The van der Waals surface area contributed by atoms with Gasteiger partial charge in [-0.2, -0.15) is 9.36 Å². The molecule has 0 atom stereocenters. The van der Waals surface area contributed by atoms with Crippen molar-refractivity contribution in [3.05, 3.63) is 40.7 Å². The average Bonchev–Trinajstić information content (AvgIpc) is 3.26. The van der Waals surface area contributed by atoms with Gasteiger partial charge in [-0.1, -0.05) is 25.0 Å². The number of para-hydroxylation sites is 1. The lowest BCUT2D eigenvalue weighted by atomic mass is 9.96. The van der Waals surface area contributed by atoms with Crippen LogP contribution >= 0.6 is 0 Å². The predicted octanol–water partition coefficient (Wildman–Crippen LogP) is 1.34. The summed E-state index contributed by atoms with van der Waals surface area (Å²) in [6, 6.07) is -3.86. The van der Waals surface area contributed by atoms with Crippen molar-refractivity contribution in [1.29, 1.82) is 0 Å². The smallest absolute Gasteiger partial charge is 0.358 e. The van der Waals surface area contributed by atoms with Crippen LogP contribution in [-0.4, -0.2) is 63.1 Å². The number of carbonyl (C=O) groups excluding carboxylic acids is 1. The minimum Gasteiger partial charge on any atom is -0.358 e. The summed E-state index contributed by atoms with van der Waals surface area (Å²) >= 11 is 0. The average molecular weight is 413 g/mol. The van der Waals surface area contributed by atoms with Crippen LogP contribution in [-0.2, 0) is 22.6 Å². The van der Waals surface area contributed by atoms with E-state index in [0.717, 1.165) is 0 Å². The minimum absolute atomic E-state index is 0.0228. The van der Waals surface area contributed by atoms with E-state index >= 15 is 0 Å². The Balaban J connectivity index is 2.01. The highest BCUT2D eigenvalue weighted by atomic mass is 16.5. The molecule has 1 aromatic carbocycles. The number of aromatic nitrogens is 4. The van der Waals surface area contributed by atoms with Gasteiger partial charge < -0.3 is 9.64 Å². The van der Waals surface area contributed by atoms with Crippen LogP contribution in [0.25, 0.3) is 0 Å². The van der Waals surface area contributed by atoms with E-state index in [4.69, 9.17) is 18.4 Å². The van der Waals surface area contributed by atoms with Gasteiger partial charge in [-0.15, -0.1) is 0 Å². The third kappa shape index (κ3) is 4.40. The number of carbonyl (C=O) groups is 1. The van der Waals surface area contributed by atoms with Crippen molar-refractivity contribution >= 4 is 11.6 Å². The van der Waals surface area contributed by atoms with Crippen LogP contribution in [0.15, 0.2) is 35.0 Å². The molecule has 0 bridgehead atoms. The number of ether oxygens (including phenoxy) is 1. The first-order chi connectivity index (χ1) is 18.0. The highest BCUT2D eigenvalue weighted by Gasteiger charge is 2.43. The molecule has 3 rings (SSSR count). The van der Waals surface area contributed by atoms with E-state index < -0.39 is 60.8 Å². The number of tetrazole rings is 1. The molecule has 2 heterocycles. The van der Waals surface area contributed by atoms with Gasteiger partial charge in [0.25, 0.3) is 0 Å². The minimum atomic E-state index is -3.47. The molecule has 1 aliphatic heterocycles. The molecule has 1 aromatic heterocycles. The summed E-state index contributed by atoms with van der Waals surface area (Å²) in [5, 5.41) is 7.59. The maximum Gasteiger partial charge on any atom is 0.363 e. The molecule has 0 aliphatic carbocycles. The fraction of sp³-hybridized carbons (Fsp3) is 0.600. The molecule has 0 spiro atoms. The first-order valence-corrected chi connectivity index (χ1v) is 9.23. The largest absolute Gasteiger partial charge is 0.363 e. The lowest BCUT2D eigenvalue weighted by molar-refractivity contribution is -0.128. The monoisotopic (exact) mass is 412 g/mol. The molecular formula is C20H30N6O3. The summed E-state index contributed by atoms with van der Waals surface area (Å²) in [5.74, 6) is -1.61. The summed E-state index contributed by atoms with van der Waals surface area (Å²) in [7, 11) is 1.22. The molecule has 9 heteroatoms. The zero-order valence-corrected chi connectivity index (χ0v) is 16.4. The van der Waals surface area contributed by atoms with Gasteiger partial charge in [-0.25, -0.2) is 4.79 Å². The van der Waals surface area contributed by atoms with Crippen LogP contribution in [0.3, 0.4) is 0 Å². The maximum absolute atomic E-state index is 13.7. The van der Waals surface area contributed by atoms with Gasteiger partial charge in [-0.05, 0) is 29.4 Å². The molecule has 29 heavy (non-hydrogen) atoms. The zero-order chi connectivity index (χ0) is 29.5. The van der Waals surface area contributed by atoms with Gasteiger partial charge in [0.05, 0.1) is 13.4 Å². The second kappa shape index (κ2) is 9.32. The molecule has 0 radical (unpaired) electrons. The van der Waals surface area contributed by atoms with Crippen molar-refractivity contribution in [2.75, 3.05) is 31.6 Å². The lowest BCUT2D eigenvalue weighted by Gasteiger charge is -2.47. The normalized spacial score (nSPS) is 22.6. The highest BCUT2D eigenvalue weighted by Crippen LogP contribution is 2.34. The topological polar surface area (TPSA) is 85.5 Å². The summed E-state index contributed by atoms with van der Waals surface area (Å²) in [5.41, 5.74) is -2.77. The number of rotatable bonds is 8. The van der Waals surface area contributed by atoms with Crippen molar-refractivity contribution in [2.45, 2.75) is 51.8 Å². The fourth-order valence-electron chi connectivity index (χ4n) is 3.43. The van der Waals surface area contributed by atoms with Crippen LogP contribution in [0.1, 0.15) is 46.7 Å². The number of piperidine rings is 1. The standard InChI is InChI=1S/C20H30N6O3/c1-4-18(27)26(17-9-7-6-8-10-17)20(29-3)11-13-23(14-12-20)15-16-25-19(28)24(5-2)21-22-25/h6-10H,4-5,11-16H2,1-3H3/i1D3,4D2,6D,7D,8D,9D,10D. The van der Waals surface area contributed by atoms with E-state index in [1.54, 1.807) is 6.92 Å². The Hall–Kier alpha value is -2.52. The van der Waals surface area contributed by atoms with Crippen LogP contribution in [0.5, 0.6) is 0 Å².